The highest BCUT2D eigenvalue weighted by Crippen LogP contribution is 2.38. The number of amides is 2. The number of benzene rings is 2. The Hall–Kier alpha value is -5.07. The van der Waals surface area contributed by atoms with Gasteiger partial charge in [-0.3, -0.25) is 14.5 Å². The van der Waals surface area contributed by atoms with Crippen LogP contribution in [0.4, 0.5) is 5.69 Å². The zero-order valence-corrected chi connectivity index (χ0v) is 24.6. The van der Waals surface area contributed by atoms with E-state index < -0.39 is 11.9 Å². The van der Waals surface area contributed by atoms with Crippen molar-refractivity contribution >= 4 is 17.5 Å². The van der Waals surface area contributed by atoms with Crippen molar-refractivity contribution in [2.45, 2.75) is 50.7 Å². The molecule has 2 aromatic heterocycles. The van der Waals surface area contributed by atoms with Crippen molar-refractivity contribution in [3.63, 3.8) is 0 Å². The fraction of sp³-hybridized carbons (Fsp3) is 0.387. The fourth-order valence-electron chi connectivity index (χ4n) is 5.56. The fourth-order valence-corrected chi connectivity index (χ4v) is 5.56. The van der Waals surface area contributed by atoms with E-state index in [1.54, 1.807) is 55.6 Å². The summed E-state index contributed by atoms with van der Waals surface area (Å²) in [6.07, 6.45) is 6.49. The number of carbonyl (C=O) groups is 2. The Kier molecular flexibility index (Phi) is 8.62. The molecule has 1 fully saturated rings. The maximum absolute atomic E-state index is 14.2. The zero-order valence-electron chi connectivity index (χ0n) is 24.6. The van der Waals surface area contributed by atoms with Crippen LogP contribution < -0.4 is 29.2 Å². The molecule has 230 valence electrons. The van der Waals surface area contributed by atoms with Crippen molar-refractivity contribution in [1.82, 2.24) is 25.5 Å². The van der Waals surface area contributed by atoms with Crippen molar-refractivity contribution < 1.29 is 33.0 Å². The van der Waals surface area contributed by atoms with E-state index in [2.05, 4.69) is 20.7 Å². The molecule has 1 N–H and O–H groups in total. The number of anilines is 1. The Bertz CT molecular complexity index is 1600. The van der Waals surface area contributed by atoms with Crippen LogP contribution in [0.1, 0.15) is 43.9 Å². The Labute approximate surface area is 254 Å². The van der Waals surface area contributed by atoms with E-state index in [9.17, 15) is 9.59 Å². The molecule has 3 heterocycles. The Morgan fingerprint density at radius 2 is 1.80 bits per heavy atom. The van der Waals surface area contributed by atoms with Gasteiger partial charge in [-0.2, -0.15) is 4.80 Å². The number of hydrogen-bond donors (Lipinski definition) is 1. The summed E-state index contributed by atoms with van der Waals surface area (Å²) in [6.45, 7) is 0.493. The number of nitrogens with zero attached hydrogens (tertiary/aromatic N) is 5. The maximum Gasteiger partial charge on any atom is 0.251 e. The topological polar surface area (TPSA) is 143 Å². The van der Waals surface area contributed by atoms with Crippen molar-refractivity contribution in [2.24, 2.45) is 0 Å². The zero-order chi connectivity index (χ0) is 30.5. The summed E-state index contributed by atoms with van der Waals surface area (Å²) in [5.41, 5.74) is 1.06. The normalized spacial score (nSPS) is 15.3. The molecule has 0 saturated heterocycles. The SMILES string of the molecule is COc1ccc(-c2nnn(CC(=O)N(c3ccc4c(c3)OCCO4)[C@@H](C(=O)NC3CCCCC3)c3ccco3)n2)cc1OC. The molecule has 0 radical (unpaired) electrons. The van der Waals surface area contributed by atoms with Gasteiger partial charge in [0.15, 0.2) is 29.0 Å². The van der Waals surface area contributed by atoms with Crippen molar-refractivity contribution in [1.29, 1.82) is 0 Å². The summed E-state index contributed by atoms with van der Waals surface area (Å²) >= 11 is 0. The second-order valence-corrected chi connectivity index (χ2v) is 10.6. The van der Waals surface area contributed by atoms with Crippen LogP contribution in [0, 0.1) is 0 Å². The van der Waals surface area contributed by atoms with Crippen molar-refractivity contribution in [3.8, 4) is 34.4 Å². The van der Waals surface area contributed by atoms with Crippen molar-refractivity contribution in [3.05, 3.63) is 60.6 Å². The number of methoxy groups -OCH3 is 2. The van der Waals surface area contributed by atoms with Gasteiger partial charge in [0.2, 0.25) is 5.82 Å². The van der Waals surface area contributed by atoms with E-state index in [1.165, 1.54) is 23.1 Å². The van der Waals surface area contributed by atoms with E-state index in [0.29, 0.717) is 59.0 Å². The first-order valence-corrected chi connectivity index (χ1v) is 14.6. The number of aromatic nitrogens is 4. The van der Waals surface area contributed by atoms with Crippen LogP contribution in [0.15, 0.2) is 59.2 Å². The van der Waals surface area contributed by atoms with Gasteiger partial charge in [-0.1, -0.05) is 19.3 Å². The molecule has 2 aliphatic rings. The third kappa shape index (κ3) is 6.17. The van der Waals surface area contributed by atoms with Crippen LogP contribution in [0.3, 0.4) is 0 Å². The minimum absolute atomic E-state index is 0.0203. The van der Waals surface area contributed by atoms with E-state index >= 15 is 0 Å². The van der Waals surface area contributed by atoms with Crippen LogP contribution in [0.25, 0.3) is 11.4 Å². The number of carbonyl (C=O) groups excluding carboxylic acids is 2. The largest absolute Gasteiger partial charge is 0.493 e. The van der Waals surface area contributed by atoms with Gasteiger partial charge in [0.25, 0.3) is 11.8 Å². The third-order valence-corrected chi connectivity index (χ3v) is 7.71. The number of hydrogen-bond acceptors (Lipinski definition) is 10. The van der Waals surface area contributed by atoms with Crippen molar-refractivity contribution in [2.75, 3.05) is 32.3 Å². The number of ether oxygens (including phenoxy) is 4. The van der Waals surface area contributed by atoms with Gasteiger partial charge in [-0.05, 0) is 60.5 Å². The first-order chi connectivity index (χ1) is 21.5. The van der Waals surface area contributed by atoms with Crippen LogP contribution in [0.5, 0.6) is 23.0 Å². The second-order valence-electron chi connectivity index (χ2n) is 10.6. The van der Waals surface area contributed by atoms with Crippen LogP contribution in [0.2, 0.25) is 0 Å². The molecule has 1 atom stereocenters. The van der Waals surface area contributed by atoms with Gasteiger partial charge in [0.05, 0.1) is 20.5 Å². The predicted molar refractivity (Wildman–Crippen MR) is 158 cm³/mol. The number of rotatable bonds is 10. The van der Waals surface area contributed by atoms with Crippen LogP contribution >= 0.6 is 0 Å². The number of nitrogens with one attached hydrogen (secondary N) is 1. The maximum atomic E-state index is 14.2. The van der Waals surface area contributed by atoms with Gasteiger partial charge in [-0.25, -0.2) is 0 Å². The predicted octanol–water partition coefficient (Wildman–Crippen LogP) is 3.94. The molecule has 0 bridgehead atoms. The molecule has 4 aromatic rings. The minimum Gasteiger partial charge on any atom is -0.493 e. The standard InChI is InChI=1S/C31H34N6O7/c1-40-23-12-10-20(17-26(23)41-2)30-33-35-36(34-30)19-28(38)37(22-11-13-24-27(18-22)44-16-15-43-24)29(25-9-6-14-42-25)31(39)32-21-7-4-3-5-8-21/h6,9-14,17-18,21,29H,3-5,7-8,15-16,19H2,1-2H3,(H,32,39)/t29-/m1/s1. The number of tetrazole rings is 1. The average molecular weight is 603 g/mol. The smallest absolute Gasteiger partial charge is 0.251 e. The highest BCUT2D eigenvalue weighted by atomic mass is 16.6. The lowest BCUT2D eigenvalue weighted by molar-refractivity contribution is -0.128. The first kappa shape index (κ1) is 29.0. The van der Waals surface area contributed by atoms with E-state index in [4.69, 9.17) is 23.4 Å². The molecule has 1 aliphatic carbocycles. The molecular weight excluding hydrogens is 568 g/mol. The quantitative estimate of drug-likeness (QED) is 0.283. The van der Waals surface area contributed by atoms with E-state index in [-0.39, 0.29) is 18.5 Å². The molecule has 2 amide bonds. The molecule has 1 aliphatic heterocycles. The number of fused-ring (bicyclic) bond motifs is 1. The lowest BCUT2D eigenvalue weighted by Crippen LogP contribution is -2.48. The summed E-state index contributed by atoms with van der Waals surface area (Å²) in [6, 6.07) is 12.7. The molecule has 0 spiro atoms. The Balaban J connectivity index is 1.33. The highest BCUT2D eigenvalue weighted by Gasteiger charge is 2.37. The minimum atomic E-state index is -1.10. The second kappa shape index (κ2) is 13.1. The summed E-state index contributed by atoms with van der Waals surface area (Å²) in [7, 11) is 3.09. The Morgan fingerprint density at radius 1 is 1.00 bits per heavy atom. The van der Waals surface area contributed by atoms with Gasteiger partial charge in [-0.15, -0.1) is 10.2 Å². The lowest BCUT2D eigenvalue weighted by Gasteiger charge is -2.32. The molecular formula is C31H34N6O7. The van der Waals surface area contributed by atoms with Gasteiger partial charge < -0.3 is 28.7 Å². The van der Waals surface area contributed by atoms with Gasteiger partial charge >= 0.3 is 0 Å². The molecule has 44 heavy (non-hydrogen) atoms. The molecule has 0 unspecified atom stereocenters. The summed E-state index contributed by atoms with van der Waals surface area (Å²) in [5.74, 6) is 1.92. The van der Waals surface area contributed by atoms with E-state index in [1.807, 2.05) is 0 Å². The molecule has 13 nitrogen and oxygen atoms in total. The third-order valence-electron chi connectivity index (χ3n) is 7.71. The summed E-state index contributed by atoms with van der Waals surface area (Å²) in [5, 5.41) is 15.9. The summed E-state index contributed by atoms with van der Waals surface area (Å²) < 4.78 is 28.0. The summed E-state index contributed by atoms with van der Waals surface area (Å²) in [4.78, 5) is 30.8. The molecule has 6 rings (SSSR count). The van der Waals surface area contributed by atoms with E-state index in [0.717, 1.165) is 32.1 Å². The highest BCUT2D eigenvalue weighted by molar-refractivity contribution is 6.01. The molecule has 2 aromatic carbocycles. The lowest BCUT2D eigenvalue weighted by atomic mass is 9.95. The van der Waals surface area contributed by atoms with Gasteiger partial charge in [0, 0.05) is 23.4 Å². The first-order valence-electron chi connectivity index (χ1n) is 14.6. The van der Waals surface area contributed by atoms with Crippen LogP contribution in [-0.2, 0) is 16.1 Å². The average Bonchev–Trinajstić information content (AvgIpc) is 3.76. The molecule has 1 saturated carbocycles. The molecule has 13 heteroatoms. The number of furan rings is 1. The van der Waals surface area contributed by atoms with Gasteiger partial charge in [0.1, 0.15) is 25.5 Å². The Morgan fingerprint density at radius 3 is 2.55 bits per heavy atom. The van der Waals surface area contributed by atoms with Crippen LogP contribution in [-0.4, -0.2) is 65.5 Å². The monoisotopic (exact) mass is 602 g/mol.